The first-order valence-corrected chi connectivity index (χ1v) is 10.0. The van der Waals surface area contributed by atoms with Crippen LogP contribution < -0.4 is 5.32 Å². The molecular formula is C21H38N2O. The summed E-state index contributed by atoms with van der Waals surface area (Å²) in [4.78, 5) is 11.5. The van der Waals surface area contributed by atoms with Crippen LogP contribution in [-0.2, 0) is 4.79 Å². The summed E-state index contributed by atoms with van der Waals surface area (Å²) < 4.78 is 0. The highest BCUT2D eigenvalue weighted by molar-refractivity contribution is 5.76. The number of nitrogens with zero attached hydrogens (tertiary/aromatic N) is 1. The van der Waals surface area contributed by atoms with E-state index in [0.29, 0.717) is 6.42 Å². The molecule has 0 aliphatic carbocycles. The van der Waals surface area contributed by atoms with E-state index in [9.17, 15) is 4.79 Å². The molecule has 0 saturated heterocycles. The summed E-state index contributed by atoms with van der Waals surface area (Å²) in [5, 5.41) is 11.3. The third-order valence-electron chi connectivity index (χ3n) is 4.24. The van der Waals surface area contributed by atoms with Gasteiger partial charge in [-0.2, -0.15) is 5.26 Å². The van der Waals surface area contributed by atoms with Crippen LogP contribution >= 0.6 is 0 Å². The number of allylic oxidation sites excluding steroid dienone is 2. The van der Waals surface area contributed by atoms with Gasteiger partial charge in [0.05, 0.1) is 6.07 Å². The molecule has 138 valence electrons. The Hall–Kier alpha value is -1.30. The summed E-state index contributed by atoms with van der Waals surface area (Å²) in [6.45, 7) is 3.97. The topological polar surface area (TPSA) is 52.9 Å². The van der Waals surface area contributed by atoms with Gasteiger partial charge in [-0.3, -0.25) is 4.79 Å². The standard InChI is InChI=1S/C21H38N2O/c1-3-4-5-6-7-8-9-10-11-12-13-14-15-16-17-18-21(24)23-20(2)19-22/h10-11,20H,3-9,12-18H2,1-2H3,(H,23,24)/b11-10-/t20-/m0/s1. The fourth-order valence-corrected chi connectivity index (χ4v) is 2.70. The number of carbonyl (C=O) groups excluding carboxylic acids is 1. The lowest BCUT2D eigenvalue weighted by Crippen LogP contribution is -2.30. The van der Waals surface area contributed by atoms with Crippen LogP contribution in [0.4, 0.5) is 0 Å². The minimum atomic E-state index is -0.374. The molecule has 0 fully saturated rings. The van der Waals surface area contributed by atoms with E-state index in [1.165, 1.54) is 70.6 Å². The lowest BCUT2D eigenvalue weighted by Gasteiger charge is -2.05. The Morgan fingerprint density at radius 3 is 1.96 bits per heavy atom. The quantitative estimate of drug-likeness (QED) is 0.276. The van der Waals surface area contributed by atoms with Gasteiger partial charge in [0, 0.05) is 6.42 Å². The van der Waals surface area contributed by atoms with E-state index < -0.39 is 0 Å². The van der Waals surface area contributed by atoms with E-state index in [1.807, 2.05) is 6.07 Å². The van der Waals surface area contributed by atoms with E-state index >= 15 is 0 Å². The van der Waals surface area contributed by atoms with Gasteiger partial charge in [-0.15, -0.1) is 0 Å². The van der Waals surface area contributed by atoms with Crippen molar-refractivity contribution in [1.29, 1.82) is 5.26 Å². The first kappa shape index (κ1) is 22.7. The van der Waals surface area contributed by atoms with Crippen molar-refractivity contribution in [2.45, 2.75) is 110 Å². The predicted molar refractivity (Wildman–Crippen MR) is 103 cm³/mol. The molecule has 3 nitrogen and oxygen atoms in total. The molecule has 1 atom stereocenters. The van der Waals surface area contributed by atoms with Crippen molar-refractivity contribution in [1.82, 2.24) is 5.32 Å². The van der Waals surface area contributed by atoms with Gasteiger partial charge in [0.15, 0.2) is 0 Å². The molecule has 0 aromatic heterocycles. The Balaban J connectivity index is 3.23. The molecule has 0 spiro atoms. The minimum Gasteiger partial charge on any atom is -0.341 e. The molecule has 0 rings (SSSR count). The third kappa shape index (κ3) is 17.1. The molecule has 1 N–H and O–H groups in total. The van der Waals surface area contributed by atoms with Gasteiger partial charge in [-0.05, 0) is 39.0 Å². The average molecular weight is 335 g/mol. The number of hydrogen-bond acceptors (Lipinski definition) is 2. The number of amides is 1. The van der Waals surface area contributed by atoms with Crippen LogP contribution in [0.25, 0.3) is 0 Å². The number of rotatable bonds is 16. The second kappa shape index (κ2) is 18.0. The van der Waals surface area contributed by atoms with Gasteiger partial charge < -0.3 is 5.32 Å². The van der Waals surface area contributed by atoms with Crippen molar-refractivity contribution in [2.75, 3.05) is 0 Å². The molecule has 0 saturated carbocycles. The normalized spacial score (nSPS) is 12.2. The zero-order valence-electron chi connectivity index (χ0n) is 16.0. The van der Waals surface area contributed by atoms with Gasteiger partial charge in [0.2, 0.25) is 5.91 Å². The van der Waals surface area contributed by atoms with Gasteiger partial charge in [-0.25, -0.2) is 0 Å². The summed E-state index contributed by atoms with van der Waals surface area (Å²) in [6, 6.07) is 1.64. The van der Waals surface area contributed by atoms with Gasteiger partial charge >= 0.3 is 0 Å². The van der Waals surface area contributed by atoms with Crippen LogP contribution in [-0.4, -0.2) is 11.9 Å². The largest absolute Gasteiger partial charge is 0.341 e. The molecule has 0 aromatic carbocycles. The molecule has 0 radical (unpaired) electrons. The van der Waals surface area contributed by atoms with Crippen molar-refractivity contribution >= 4 is 5.91 Å². The maximum absolute atomic E-state index is 11.5. The third-order valence-corrected chi connectivity index (χ3v) is 4.24. The zero-order chi connectivity index (χ0) is 17.9. The minimum absolute atomic E-state index is 0.00155. The Labute approximate surface area is 149 Å². The number of hydrogen-bond donors (Lipinski definition) is 1. The summed E-state index contributed by atoms with van der Waals surface area (Å²) in [5.74, 6) is 0.00155. The Morgan fingerprint density at radius 2 is 1.42 bits per heavy atom. The smallest absolute Gasteiger partial charge is 0.221 e. The molecule has 24 heavy (non-hydrogen) atoms. The van der Waals surface area contributed by atoms with Crippen molar-refractivity contribution in [3.05, 3.63) is 12.2 Å². The summed E-state index contributed by atoms with van der Waals surface area (Å²) in [7, 11) is 0. The maximum Gasteiger partial charge on any atom is 0.221 e. The first-order valence-electron chi connectivity index (χ1n) is 10.0. The fourth-order valence-electron chi connectivity index (χ4n) is 2.70. The van der Waals surface area contributed by atoms with E-state index in [2.05, 4.69) is 24.4 Å². The van der Waals surface area contributed by atoms with Crippen molar-refractivity contribution in [2.24, 2.45) is 0 Å². The Bertz CT molecular complexity index is 357. The van der Waals surface area contributed by atoms with Crippen molar-refractivity contribution in [3.8, 4) is 6.07 Å². The SMILES string of the molecule is CCCCCCCC/C=C\CCCCCCCC(=O)N[C@@H](C)C#N. The van der Waals surface area contributed by atoms with Crippen LogP contribution in [0.3, 0.4) is 0 Å². The van der Waals surface area contributed by atoms with Crippen LogP contribution in [0, 0.1) is 11.3 Å². The second-order valence-corrected chi connectivity index (χ2v) is 6.75. The summed E-state index contributed by atoms with van der Waals surface area (Å²) in [5.41, 5.74) is 0. The van der Waals surface area contributed by atoms with Crippen LogP contribution in [0.2, 0.25) is 0 Å². The van der Waals surface area contributed by atoms with E-state index in [-0.39, 0.29) is 11.9 Å². The van der Waals surface area contributed by atoms with Gasteiger partial charge in [0.25, 0.3) is 0 Å². The van der Waals surface area contributed by atoms with E-state index in [0.717, 1.165) is 12.8 Å². The molecule has 0 unspecified atom stereocenters. The van der Waals surface area contributed by atoms with Crippen LogP contribution in [0.5, 0.6) is 0 Å². The lowest BCUT2D eigenvalue weighted by molar-refractivity contribution is -0.121. The maximum atomic E-state index is 11.5. The number of nitriles is 1. The molecule has 0 heterocycles. The van der Waals surface area contributed by atoms with E-state index in [1.54, 1.807) is 6.92 Å². The number of carbonyl (C=O) groups is 1. The second-order valence-electron chi connectivity index (χ2n) is 6.75. The summed E-state index contributed by atoms with van der Waals surface area (Å²) >= 11 is 0. The summed E-state index contributed by atoms with van der Waals surface area (Å²) in [6.07, 6.45) is 21.6. The van der Waals surface area contributed by atoms with E-state index in [4.69, 9.17) is 5.26 Å². The monoisotopic (exact) mass is 334 g/mol. The highest BCUT2D eigenvalue weighted by atomic mass is 16.1. The number of nitrogens with one attached hydrogen (secondary N) is 1. The molecule has 0 bridgehead atoms. The van der Waals surface area contributed by atoms with Crippen LogP contribution in [0.1, 0.15) is 104 Å². The van der Waals surface area contributed by atoms with Gasteiger partial charge in [0.1, 0.15) is 6.04 Å². The lowest BCUT2D eigenvalue weighted by atomic mass is 10.1. The zero-order valence-corrected chi connectivity index (χ0v) is 16.0. The average Bonchev–Trinajstić information content (AvgIpc) is 2.58. The predicted octanol–water partition coefficient (Wildman–Crippen LogP) is 6.05. The highest BCUT2D eigenvalue weighted by Crippen LogP contribution is 2.09. The molecule has 0 aliphatic rings. The van der Waals surface area contributed by atoms with Gasteiger partial charge in [-0.1, -0.05) is 70.4 Å². The Morgan fingerprint density at radius 1 is 0.917 bits per heavy atom. The first-order chi connectivity index (χ1) is 11.7. The number of unbranched alkanes of at least 4 members (excludes halogenated alkanes) is 11. The van der Waals surface area contributed by atoms with Crippen molar-refractivity contribution in [3.63, 3.8) is 0 Å². The van der Waals surface area contributed by atoms with Crippen LogP contribution in [0.15, 0.2) is 12.2 Å². The molecule has 0 aliphatic heterocycles. The molecule has 0 aromatic rings. The molecule has 3 heteroatoms. The molecular weight excluding hydrogens is 296 g/mol. The highest BCUT2D eigenvalue weighted by Gasteiger charge is 2.04. The fraction of sp³-hybridized carbons (Fsp3) is 0.810. The molecule has 1 amide bonds. The Kier molecular flexibility index (Phi) is 17.1. The van der Waals surface area contributed by atoms with Crippen molar-refractivity contribution < 1.29 is 4.79 Å².